The lowest BCUT2D eigenvalue weighted by Gasteiger charge is -2.17. The van der Waals surface area contributed by atoms with Gasteiger partial charge in [-0.05, 0) is 25.0 Å². The van der Waals surface area contributed by atoms with Gasteiger partial charge in [-0.2, -0.15) is 4.57 Å². The normalized spacial score (nSPS) is 16.9. The van der Waals surface area contributed by atoms with E-state index in [0.29, 0.717) is 13.1 Å². The fourth-order valence-electron chi connectivity index (χ4n) is 3.80. The number of fused-ring (bicyclic) bond motifs is 2. The molecule has 1 unspecified atom stereocenters. The van der Waals surface area contributed by atoms with Crippen LogP contribution in [0.4, 0.5) is 5.69 Å². The van der Waals surface area contributed by atoms with Crippen LogP contribution in [0.15, 0.2) is 60.8 Å². The van der Waals surface area contributed by atoms with Gasteiger partial charge in [-0.25, -0.2) is 0 Å². The lowest BCUT2D eigenvalue weighted by molar-refractivity contribution is -0.751. The van der Waals surface area contributed by atoms with Crippen LogP contribution in [0.2, 0.25) is 0 Å². The number of unbranched alkanes of at least 4 members (excludes halogenated alkanes) is 2. The minimum Gasteiger partial charge on any atom is -0.468 e. The summed E-state index contributed by atoms with van der Waals surface area (Å²) >= 11 is 1.84. The maximum Gasteiger partial charge on any atom is 0.293 e. The first-order valence-corrected chi connectivity index (χ1v) is 10.9. The van der Waals surface area contributed by atoms with Gasteiger partial charge in [-0.15, -0.1) is 0 Å². The van der Waals surface area contributed by atoms with Gasteiger partial charge in [-0.1, -0.05) is 35.6 Å². The van der Waals surface area contributed by atoms with Crippen LogP contribution in [0.3, 0.4) is 0 Å². The standard InChI is InChI=1S/C24H25N2O2S/c1-25-15-13-19(20-9-3-4-10-21(20)25)17-24-26(14-7-2-8-16-28-18-27)22-11-5-6-12-23(22)29-24/h3-6,9-13,15,17-18H,2,7-8,14,16H2,1H3/q+1/p+1. The number of nitrogens with zero attached hydrogens (tertiary/aromatic N) is 1. The molecule has 5 heteroatoms. The molecule has 0 fully saturated rings. The molecular formula is C24H26N2O2S+2. The van der Waals surface area contributed by atoms with Crippen molar-refractivity contribution in [3.05, 3.63) is 71.4 Å². The smallest absolute Gasteiger partial charge is 0.293 e. The zero-order valence-electron chi connectivity index (χ0n) is 16.6. The first-order valence-electron chi connectivity index (χ1n) is 10.1. The molecule has 4 rings (SSSR count). The molecule has 0 bridgehead atoms. The maximum absolute atomic E-state index is 10.3. The van der Waals surface area contributed by atoms with Crippen LogP contribution in [-0.4, -0.2) is 20.1 Å². The first-order chi connectivity index (χ1) is 14.3. The zero-order valence-corrected chi connectivity index (χ0v) is 17.5. The Kier molecular flexibility index (Phi) is 6.17. The second kappa shape index (κ2) is 9.16. The van der Waals surface area contributed by atoms with Gasteiger partial charge in [0.25, 0.3) is 11.5 Å². The highest BCUT2D eigenvalue weighted by molar-refractivity contribution is 7.18. The summed E-state index contributed by atoms with van der Waals surface area (Å²) in [4.78, 5) is 11.6. The summed E-state index contributed by atoms with van der Waals surface area (Å²) in [6.07, 6.45) is 9.76. The van der Waals surface area contributed by atoms with Gasteiger partial charge in [0.15, 0.2) is 6.54 Å². The minimum atomic E-state index is 0.507. The number of aryl methyl sites for hydroxylation is 1. The molecule has 29 heavy (non-hydrogen) atoms. The van der Waals surface area contributed by atoms with E-state index in [1.54, 1.807) is 0 Å². The number of thiazole rings is 1. The minimum absolute atomic E-state index is 0.507. The third-order valence-corrected chi connectivity index (χ3v) is 6.42. The predicted octanol–water partition coefficient (Wildman–Crippen LogP) is 3.75. The van der Waals surface area contributed by atoms with Gasteiger partial charge in [-0.3, -0.25) is 9.69 Å². The number of aromatic nitrogens is 1. The molecular weight excluding hydrogens is 380 g/mol. The molecule has 0 radical (unpaired) electrons. The molecule has 1 atom stereocenters. The Bertz CT molecular complexity index is 1070. The summed E-state index contributed by atoms with van der Waals surface area (Å²) in [5.41, 5.74) is 5.14. The monoisotopic (exact) mass is 406 g/mol. The molecule has 0 saturated carbocycles. The van der Waals surface area contributed by atoms with Crippen molar-refractivity contribution < 1.29 is 19.0 Å². The molecule has 1 aromatic heterocycles. The van der Waals surface area contributed by atoms with E-state index < -0.39 is 0 Å². The van der Waals surface area contributed by atoms with Crippen LogP contribution >= 0.6 is 11.3 Å². The molecule has 3 aromatic rings. The number of para-hydroxylation sites is 2. The van der Waals surface area contributed by atoms with E-state index in [2.05, 4.69) is 78.5 Å². The molecule has 0 aliphatic carbocycles. The van der Waals surface area contributed by atoms with Crippen LogP contribution in [0.5, 0.6) is 0 Å². The van der Waals surface area contributed by atoms with Crippen molar-refractivity contribution in [3.8, 4) is 0 Å². The Hall–Kier alpha value is -2.76. The second-order valence-corrected chi connectivity index (χ2v) is 8.31. The van der Waals surface area contributed by atoms with E-state index in [9.17, 15) is 4.79 Å². The fourth-order valence-corrected chi connectivity index (χ4v) is 4.94. The van der Waals surface area contributed by atoms with Crippen molar-refractivity contribution in [2.45, 2.75) is 25.8 Å². The van der Waals surface area contributed by atoms with Crippen molar-refractivity contribution >= 4 is 45.4 Å². The van der Waals surface area contributed by atoms with Crippen molar-refractivity contribution in [2.75, 3.05) is 13.7 Å². The Balaban J connectivity index is 1.64. The van der Waals surface area contributed by atoms with Gasteiger partial charge in [0, 0.05) is 41.8 Å². The Labute approximate surface area is 175 Å². The molecule has 1 N–H and O–H groups in total. The van der Waals surface area contributed by atoms with Crippen LogP contribution < -0.4 is 9.47 Å². The van der Waals surface area contributed by atoms with Crippen molar-refractivity contribution in [1.29, 1.82) is 0 Å². The van der Waals surface area contributed by atoms with Crippen molar-refractivity contribution in [2.24, 2.45) is 0 Å². The average molecular weight is 407 g/mol. The van der Waals surface area contributed by atoms with Crippen molar-refractivity contribution in [1.82, 2.24) is 0 Å². The van der Waals surface area contributed by atoms with Crippen molar-refractivity contribution in [3.63, 3.8) is 0 Å². The maximum atomic E-state index is 10.3. The third-order valence-electron chi connectivity index (χ3n) is 5.30. The SMILES string of the molecule is C[NH+]1C=CC(=Cc2sc3ccccc3[n+]2CCCCCOC=O)c2ccccc21. The van der Waals surface area contributed by atoms with Gasteiger partial charge in [0.1, 0.15) is 10.4 Å². The largest absolute Gasteiger partial charge is 0.468 e. The summed E-state index contributed by atoms with van der Waals surface area (Å²) in [5, 5.41) is 1.27. The Morgan fingerprint density at radius 1 is 1.07 bits per heavy atom. The second-order valence-electron chi connectivity index (χ2n) is 7.25. The van der Waals surface area contributed by atoms with E-state index in [1.807, 2.05) is 11.3 Å². The molecule has 2 aromatic carbocycles. The summed E-state index contributed by atoms with van der Waals surface area (Å²) in [5.74, 6) is 0. The summed E-state index contributed by atoms with van der Waals surface area (Å²) < 4.78 is 8.53. The van der Waals surface area contributed by atoms with Crippen LogP contribution in [0.25, 0.3) is 21.9 Å². The first kappa shape index (κ1) is 19.6. The molecule has 1 aliphatic rings. The number of hydrogen-bond donors (Lipinski definition) is 1. The number of hydrogen-bond acceptors (Lipinski definition) is 3. The van der Waals surface area contributed by atoms with Crippen LogP contribution in [0.1, 0.15) is 29.8 Å². The van der Waals surface area contributed by atoms with E-state index in [4.69, 9.17) is 4.74 Å². The average Bonchev–Trinajstić information content (AvgIpc) is 3.10. The fraction of sp³-hybridized carbons (Fsp3) is 0.250. The highest BCUT2D eigenvalue weighted by Gasteiger charge is 2.22. The zero-order chi connectivity index (χ0) is 20.1. The lowest BCUT2D eigenvalue weighted by atomic mass is 10.00. The van der Waals surface area contributed by atoms with E-state index in [0.717, 1.165) is 25.8 Å². The lowest BCUT2D eigenvalue weighted by Crippen LogP contribution is -2.99. The number of carbonyl (C=O) groups is 1. The molecule has 1 aliphatic heterocycles. The highest BCUT2D eigenvalue weighted by Crippen LogP contribution is 2.29. The number of benzene rings is 2. The van der Waals surface area contributed by atoms with Gasteiger partial charge < -0.3 is 4.74 Å². The summed E-state index contributed by atoms with van der Waals surface area (Å²) in [6.45, 7) is 1.99. The van der Waals surface area contributed by atoms with Gasteiger partial charge in [0.05, 0.1) is 19.9 Å². The Morgan fingerprint density at radius 2 is 1.90 bits per heavy atom. The van der Waals surface area contributed by atoms with Crippen LogP contribution in [0, 0.1) is 0 Å². The van der Waals surface area contributed by atoms with Crippen LogP contribution in [-0.2, 0) is 16.1 Å². The third kappa shape index (κ3) is 4.31. The molecule has 0 amide bonds. The molecule has 0 spiro atoms. The number of allylic oxidation sites excluding steroid dienone is 2. The number of nitrogens with one attached hydrogen (secondary N) is 1. The molecule has 0 saturated heterocycles. The summed E-state index contributed by atoms with van der Waals surface area (Å²) in [6, 6.07) is 17.2. The Morgan fingerprint density at radius 3 is 2.79 bits per heavy atom. The van der Waals surface area contributed by atoms with Gasteiger partial charge in [0.2, 0.25) is 5.52 Å². The quantitative estimate of drug-likeness (QED) is 0.351. The predicted molar refractivity (Wildman–Crippen MR) is 118 cm³/mol. The summed E-state index contributed by atoms with van der Waals surface area (Å²) in [7, 11) is 2.17. The molecule has 2 heterocycles. The highest BCUT2D eigenvalue weighted by atomic mass is 32.1. The number of quaternary nitrogens is 1. The van der Waals surface area contributed by atoms with E-state index in [1.165, 1.54) is 36.9 Å². The van der Waals surface area contributed by atoms with E-state index in [-0.39, 0.29) is 0 Å². The molecule has 148 valence electrons. The van der Waals surface area contributed by atoms with E-state index >= 15 is 0 Å². The number of carbonyl (C=O) groups excluding carboxylic acids is 1. The number of rotatable bonds is 8. The molecule has 4 nitrogen and oxygen atoms in total. The van der Waals surface area contributed by atoms with Gasteiger partial charge >= 0.3 is 0 Å². The number of ether oxygens (including phenoxy) is 1. The topological polar surface area (TPSA) is 34.6 Å².